The summed E-state index contributed by atoms with van der Waals surface area (Å²) >= 11 is 0. The zero-order chi connectivity index (χ0) is 35.9. The number of carbonyl (C=O) groups excluding carboxylic acids is 2. The molecule has 2 aromatic carbocycles. The number of aliphatic hydroxyl groups excluding tert-OH is 1. The highest BCUT2D eigenvalue weighted by Crippen LogP contribution is 2.49. The number of hydrogen-bond donors (Lipinski definition) is 3. The summed E-state index contributed by atoms with van der Waals surface area (Å²) < 4.78 is 83.6. The lowest BCUT2D eigenvalue weighted by Gasteiger charge is -2.22. The van der Waals surface area contributed by atoms with Crippen molar-refractivity contribution in [2.45, 2.75) is 19.5 Å². The summed E-state index contributed by atoms with van der Waals surface area (Å²) in [6.45, 7) is 4.24. The first kappa shape index (κ1) is 33.1. The molecular weight excluding hydrogens is 673 g/mol. The summed E-state index contributed by atoms with van der Waals surface area (Å²) in [6.07, 6.45) is -0.178. The summed E-state index contributed by atoms with van der Waals surface area (Å²) in [5.74, 6) is -1.96. The van der Waals surface area contributed by atoms with Gasteiger partial charge in [-0.3, -0.25) is 9.59 Å². The molecule has 1 aliphatic carbocycles. The Balaban J connectivity index is 1.10. The first-order valence-electron chi connectivity index (χ1n) is 16.6. The van der Waals surface area contributed by atoms with E-state index in [1.807, 2.05) is 0 Å². The van der Waals surface area contributed by atoms with Gasteiger partial charge in [-0.25, -0.2) is 13.8 Å². The number of nitrogens with zero attached hydrogens (tertiary/aromatic N) is 3. The van der Waals surface area contributed by atoms with Crippen LogP contribution >= 0.6 is 0 Å². The number of nitrogens with one attached hydrogen (secondary N) is 2. The number of imidazole rings is 1. The number of anilines is 1. The molecule has 0 radical (unpaired) electrons. The van der Waals surface area contributed by atoms with Crippen LogP contribution in [0.25, 0.3) is 27.7 Å². The summed E-state index contributed by atoms with van der Waals surface area (Å²) in [6, 6.07) is 7.20. The SMILES string of the molecule is Cc1nc2c3c(c(C(F)(F)F)cc2n1C)-c1cccn2c(C(=O)c4cc(F)c(NC(=O)/C=C/C[NH+]5CC6C(CO)C6C5)c(F)c4)cc(c12)CCO3. The monoisotopic (exact) mass is 706 g/mol. The molecule has 2 unspecified atom stereocenters. The van der Waals surface area contributed by atoms with Crippen molar-refractivity contribution in [3.63, 3.8) is 0 Å². The van der Waals surface area contributed by atoms with Gasteiger partial charge in [0, 0.05) is 60.9 Å². The Morgan fingerprint density at radius 2 is 1.86 bits per heavy atom. The molecule has 3 aromatic heterocycles. The standard InChI is InChI=1S/C37H32F5N5O4/c1-18-43-33-28(45(18)2)14-25(37(40,41)42)31-21-5-3-9-47-29(13-19(34(21)47)7-10-51-36(31)33)35(50)20-11-26(38)32(27(39)12-20)44-30(49)6-4-8-46-15-22-23(16-46)24(22)17-48/h3-6,9,11-14,22-24,48H,7-8,10,15-17H2,1-2H3,(H,44,49)/p+1/b6-4+. The molecule has 8 rings (SSSR count). The number of aromatic nitrogens is 3. The van der Waals surface area contributed by atoms with E-state index in [2.05, 4.69) is 10.3 Å². The van der Waals surface area contributed by atoms with Crippen molar-refractivity contribution < 1.29 is 46.3 Å². The fraction of sp³-hybridized carbons (Fsp3) is 0.324. The third-order valence-electron chi connectivity index (χ3n) is 10.6. The van der Waals surface area contributed by atoms with E-state index in [-0.39, 0.29) is 58.8 Å². The molecule has 1 saturated carbocycles. The van der Waals surface area contributed by atoms with Gasteiger partial charge in [-0.1, -0.05) is 6.07 Å². The number of pyridine rings is 1. The fourth-order valence-corrected chi connectivity index (χ4v) is 8.00. The molecule has 51 heavy (non-hydrogen) atoms. The van der Waals surface area contributed by atoms with Crippen molar-refractivity contribution in [2.75, 3.05) is 38.2 Å². The Hall–Kier alpha value is -5.08. The Labute approximate surface area is 287 Å². The molecule has 3 aliphatic rings. The molecule has 264 valence electrons. The number of rotatable bonds is 7. The van der Waals surface area contributed by atoms with Crippen LogP contribution in [0.15, 0.2) is 54.7 Å². The van der Waals surface area contributed by atoms with E-state index in [4.69, 9.17) is 4.74 Å². The minimum Gasteiger partial charge on any atom is -0.490 e. The Morgan fingerprint density at radius 1 is 1.14 bits per heavy atom. The smallest absolute Gasteiger partial charge is 0.417 e. The Kier molecular flexibility index (Phi) is 7.79. The van der Waals surface area contributed by atoms with Gasteiger partial charge in [0.05, 0.1) is 48.5 Å². The summed E-state index contributed by atoms with van der Waals surface area (Å²) in [7, 11) is 1.63. The Bertz CT molecular complexity index is 2270. The van der Waals surface area contributed by atoms with Crippen molar-refractivity contribution in [2.24, 2.45) is 24.8 Å². The zero-order valence-electron chi connectivity index (χ0n) is 27.6. The van der Waals surface area contributed by atoms with Crippen molar-refractivity contribution in [3.05, 3.63) is 94.6 Å². The van der Waals surface area contributed by atoms with E-state index in [0.717, 1.165) is 31.3 Å². The lowest BCUT2D eigenvalue weighted by atomic mass is 9.94. The van der Waals surface area contributed by atoms with Gasteiger partial charge in [0.15, 0.2) is 5.75 Å². The number of amides is 1. The highest BCUT2D eigenvalue weighted by molar-refractivity contribution is 6.10. The van der Waals surface area contributed by atoms with Gasteiger partial charge in [0.1, 0.15) is 28.7 Å². The number of ketones is 1. The molecular formula is C37H33F5N5O4+. The topological polar surface area (TPSA) is 102 Å². The van der Waals surface area contributed by atoms with Gasteiger partial charge in [0.2, 0.25) is 11.7 Å². The second-order valence-electron chi connectivity index (χ2n) is 13.6. The quantitative estimate of drug-likeness (QED) is 0.131. The lowest BCUT2D eigenvalue weighted by Crippen LogP contribution is -3.10. The van der Waals surface area contributed by atoms with Crippen LogP contribution < -0.4 is 15.0 Å². The van der Waals surface area contributed by atoms with Gasteiger partial charge in [-0.05, 0) is 54.8 Å². The van der Waals surface area contributed by atoms with Crippen molar-refractivity contribution in [1.29, 1.82) is 0 Å². The number of ether oxygens (including phenoxy) is 1. The predicted molar refractivity (Wildman–Crippen MR) is 177 cm³/mol. The number of halogens is 5. The number of fused-ring (bicyclic) bond motifs is 5. The van der Waals surface area contributed by atoms with Crippen LogP contribution in [0.3, 0.4) is 0 Å². The van der Waals surface area contributed by atoms with Crippen LogP contribution in [-0.4, -0.2) is 63.6 Å². The van der Waals surface area contributed by atoms with E-state index < -0.39 is 40.8 Å². The second-order valence-corrected chi connectivity index (χ2v) is 13.6. The van der Waals surface area contributed by atoms with E-state index in [9.17, 15) is 27.9 Å². The molecule has 1 saturated heterocycles. The molecule has 0 spiro atoms. The van der Waals surface area contributed by atoms with Gasteiger partial charge in [-0.15, -0.1) is 0 Å². The third kappa shape index (κ3) is 5.48. The maximum atomic E-state index is 15.3. The van der Waals surface area contributed by atoms with Crippen LogP contribution in [0.4, 0.5) is 27.6 Å². The largest absolute Gasteiger partial charge is 0.490 e. The normalized spacial score (nSPS) is 21.0. The number of alkyl halides is 3. The lowest BCUT2D eigenvalue weighted by molar-refractivity contribution is -0.887. The second kappa shape index (κ2) is 12.0. The molecule has 5 aromatic rings. The van der Waals surface area contributed by atoms with E-state index in [0.29, 0.717) is 41.2 Å². The van der Waals surface area contributed by atoms with Crippen LogP contribution in [-0.2, 0) is 24.4 Å². The number of benzene rings is 2. The molecule has 3 N–H and O–H groups in total. The number of hydrogen-bond acceptors (Lipinski definition) is 5. The predicted octanol–water partition coefficient (Wildman–Crippen LogP) is 4.51. The van der Waals surface area contributed by atoms with Crippen LogP contribution in [0.1, 0.15) is 33.0 Å². The van der Waals surface area contributed by atoms with Crippen molar-refractivity contribution in [1.82, 2.24) is 14.0 Å². The van der Waals surface area contributed by atoms with Gasteiger partial charge < -0.3 is 29.0 Å². The number of aryl methyl sites for hydroxylation is 2. The maximum absolute atomic E-state index is 15.3. The number of aliphatic hydroxyl groups is 1. The molecule has 5 heterocycles. The molecule has 14 heteroatoms. The van der Waals surface area contributed by atoms with E-state index in [1.165, 1.54) is 39.8 Å². The Morgan fingerprint density at radius 3 is 2.55 bits per heavy atom. The third-order valence-corrected chi connectivity index (χ3v) is 10.6. The average Bonchev–Trinajstić information content (AvgIpc) is 3.32. The van der Waals surface area contributed by atoms with Crippen LogP contribution in [0, 0.1) is 36.3 Å². The van der Waals surface area contributed by atoms with Crippen molar-refractivity contribution >= 4 is 33.9 Å². The molecule has 2 fully saturated rings. The average molecular weight is 707 g/mol. The van der Waals surface area contributed by atoms with E-state index >= 15 is 8.78 Å². The van der Waals surface area contributed by atoms with Crippen molar-refractivity contribution in [3.8, 4) is 16.9 Å². The van der Waals surface area contributed by atoms with Crippen LogP contribution in [0.5, 0.6) is 5.75 Å². The highest BCUT2D eigenvalue weighted by atomic mass is 19.4. The molecule has 2 aliphatic heterocycles. The fourth-order valence-electron chi connectivity index (χ4n) is 8.00. The first-order valence-corrected chi connectivity index (χ1v) is 16.6. The highest BCUT2D eigenvalue weighted by Gasteiger charge is 2.58. The van der Waals surface area contributed by atoms with Gasteiger partial charge >= 0.3 is 6.18 Å². The number of quaternary nitrogens is 1. The van der Waals surface area contributed by atoms with Gasteiger partial charge in [-0.2, -0.15) is 13.2 Å². The number of piperidine rings is 1. The summed E-state index contributed by atoms with van der Waals surface area (Å²) in [5, 5.41) is 11.5. The van der Waals surface area contributed by atoms with Gasteiger partial charge in [0.25, 0.3) is 0 Å². The van der Waals surface area contributed by atoms with E-state index in [1.54, 1.807) is 24.6 Å². The number of carbonyl (C=O) groups is 2. The van der Waals surface area contributed by atoms with Crippen LogP contribution in [0.2, 0.25) is 0 Å². The molecule has 0 bridgehead atoms. The summed E-state index contributed by atoms with van der Waals surface area (Å²) in [5.41, 5.74) is -0.653. The molecule has 2 atom stereocenters. The molecule has 9 nitrogen and oxygen atoms in total. The maximum Gasteiger partial charge on any atom is 0.417 e. The molecule has 1 amide bonds. The summed E-state index contributed by atoms with van der Waals surface area (Å²) in [4.78, 5) is 32.1. The number of likely N-dealkylation sites (tertiary alicyclic amines) is 1. The first-order chi connectivity index (χ1) is 24.3. The minimum atomic E-state index is -4.76. The minimum absolute atomic E-state index is 0.0144. The zero-order valence-corrected chi connectivity index (χ0v) is 27.6.